The zero-order valence-corrected chi connectivity index (χ0v) is 9.11. The van der Waals surface area contributed by atoms with Gasteiger partial charge >= 0.3 is 0 Å². The zero-order chi connectivity index (χ0) is 10.7. The van der Waals surface area contributed by atoms with Crippen LogP contribution in [-0.2, 0) is 0 Å². The second kappa shape index (κ2) is 4.49. The molecule has 1 aliphatic rings. The Labute approximate surface area is 90.5 Å². The monoisotopic (exact) mass is 206 g/mol. The van der Waals surface area contributed by atoms with Gasteiger partial charge in [0.25, 0.3) is 0 Å². The Morgan fingerprint density at radius 1 is 1.60 bits per heavy atom. The molecule has 15 heavy (non-hydrogen) atoms. The first-order valence-electron chi connectivity index (χ1n) is 5.49. The first kappa shape index (κ1) is 10.2. The van der Waals surface area contributed by atoms with E-state index in [-0.39, 0.29) is 0 Å². The van der Waals surface area contributed by atoms with Gasteiger partial charge < -0.3 is 16.0 Å². The molecule has 1 aromatic rings. The molecule has 1 saturated heterocycles. The van der Waals surface area contributed by atoms with E-state index in [1.807, 2.05) is 18.3 Å². The molecule has 1 atom stereocenters. The topological polar surface area (TPSA) is 54.2 Å². The van der Waals surface area contributed by atoms with Gasteiger partial charge in [0, 0.05) is 19.1 Å². The normalized spacial score (nSPS) is 20.9. The largest absolute Gasteiger partial charge is 0.384 e. The van der Waals surface area contributed by atoms with Gasteiger partial charge in [0.1, 0.15) is 5.82 Å². The van der Waals surface area contributed by atoms with Crippen molar-refractivity contribution in [3.05, 3.63) is 18.3 Å². The highest BCUT2D eigenvalue weighted by molar-refractivity contribution is 5.49. The van der Waals surface area contributed by atoms with E-state index in [1.54, 1.807) is 0 Å². The maximum Gasteiger partial charge on any atom is 0.123 e. The van der Waals surface area contributed by atoms with Crippen LogP contribution in [0.4, 0.5) is 11.5 Å². The van der Waals surface area contributed by atoms with Crippen LogP contribution in [0.5, 0.6) is 0 Å². The summed E-state index contributed by atoms with van der Waals surface area (Å²) < 4.78 is 0. The molecular weight excluding hydrogens is 188 g/mol. The molecule has 0 saturated carbocycles. The maximum absolute atomic E-state index is 5.56. The molecule has 0 bridgehead atoms. The number of likely N-dealkylation sites (N-methyl/N-ethyl adjacent to an activating group) is 1. The summed E-state index contributed by atoms with van der Waals surface area (Å²) in [6, 6.07) is 4.51. The average Bonchev–Trinajstić information content (AvgIpc) is 2.68. The van der Waals surface area contributed by atoms with E-state index in [9.17, 15) is 0 Å². The van der Waals surface area contributed by atoms with Crippen LogP contribution in [0.15, 0.2) is 18.3 Å². The van der Waals surface area contributed by atoms with Crippen LogP contribution in [-0.4, -0.2) is 30.7 Å². The van der Waals surface area contributed by atoms with Crippen molar-refractivity contribution in [3.63, 3.8) is 0 Å². The summed E-state index contributed by atoms with van der Waals surface area (Å²) >= 11 is 0. The minimum Gasteiger partial charge on any atom is -0.384 e. The Kier molecular flexibility index (Phi) is 3.06. The number of hydrogen-bond donors (Lipinski definition) is 2. The Bertz CT molecular complexity index is 309. The molecule has 1 aliphatic heterocycles. The first-order chi connectivity index (χ1) is 7.29. The van der Waals surface area contributed by atoms with Gasteiger partial charge in [-0.2, -0.15) is 0 Å². The number of anilines is 2. The van der Waals surface area contributed by atoms with E-state index >= 15 is 0 Å². The molecule has 2 rings (SSSR count). The molecule has 1 unspecified atom stereocenters. The van der Waals surface area contributed by atoms with Crippen molar-refractivity contribution >= 4 is 11.5 Å². The van der Waals surface area contributed by atoms with Gasteiger partial charge in [0.05, 0.1) is 11.9 Å². The number of nitrogens with two attached hydrogens (primary N) is 1. The average molecular weight is 206 g/mol. The molecule has 2 heterocycles. The summed E-state index contributed by atoms with van der Waals surface area (Å²) in [5, 5.41) is 3.47. The lowest BCUT2D eigenvalue weighted by Crippen LogP contribution is -2.32. The second-order valence-electron chi connectivity index (χ2n) is 3.93. The standard InChI is InChI=1S/C11H18N4/c1-2-13-9-5-6-15(8-9)10-3-4-11(12)14-7-10/h3-4,7,9,13H,2,5-6,8H2,1H3,(H2,12,14). The summed E-state index contributed by atoms with van der Waals surface area (Å²) in [5.41, 5.74) is 6.73. The van der Waals surface area contributed by atoms with Gasteiger partial charge in [-0.3, -0.25) is 0 Å². The summed E-state index contributed by atoms with van der Waals surface area (Å²) in [7, 11) is 0. The fourth-order valence-corrected chi connectivity index (χ4v) is 2.03. The molecule has 0 aromatic carbocycles. The van der Waals surface area contributed by atoms with E-state index in [0.29, 0.717) is 11.9 Å². The van der Waals surface area contributed by atoms with Crippen molar-refractivity contribution in [2.45, 2.75) is 19.4 Å². The van der Waals surface area contributed by atoms with Crippen molar-refractivity contribution < 1.29 is 0 Å². The van der Waals surface area contributed by atoms with Gasteiger partial charge in [0.2, 0.25) is 0 Å². The van der Waals surface area contributed by atoms with Crippen molar-refractivity contribution in [2.75, 3.05) is 30.3 Å². The minimum atomic E-state index is 0.584. The van der Waals surface area contributed by atoms with E-state index < -0.39 is 0 Å². The summed E-state index contributed by atoms with van der Waals surface area (Å²) in [4.78, 5) is 6.46. The van der Waals surface area contributed by atoms with Gasteiger partial charge in [-0.25, -0.2) is 4.98 Å². The molecule has 0 radical (unpaired) electrons. The van der Waals surface area contributed by atoms with Crippen LogP contribution in [0.3, 0.4) is 0 Å². The van der Waals surface area contributed by atoms with Crippen LogP contribution in [0, 0.1) is 0 Å². The number of nitrogen functional groups attached to an aromatic ring is 1. The van der Waals surface area contributed by atoms with Gasteiger partial charge in [-0.1, -0.05) is 6.92 Å². The lowest BCUT2D eigenvalue weighted by atomic mass is 10.3. The highest BCUT2D eigenvalue weighted by Gasteiger charge is 2.21. The molecule has 0 aliphatic carbocycles. The maximum atomic E-state index is 5.56. The number of hydrogen-bond acceptors (Lipinski definition) is 4. The smallest absolute Gasteiger partial charge is 0.123 e. The molecule has 4 heteroatoms. The Morgan fingerprint density at radius 2 is 2.47 bits per heavy atom. The lowest BCUT2D eigenvalue weighted by molar-refractivity contribution is 0.572. The number of nitrogens with zero attached hydrogens (tertiary/aromatic N) is 2. The van der Waals surface area contributed by atoms with Crippen molar-refractivity contribution in [2.24, 2.45) is 0 Å². The SMILES string of the molecule is CCNC1CCN(c2ccc(N)nc2)C1. The van der Waals surface area contributed by atoms with Crippen molar-refractivity contribution in [3.8, 4) is 0 Å². The van der Waals surface area contributed by atoms with Gasteiger partial charge in [0.15, 0.2) is 0 Å². The van der Waals surface area contributed by atoms with Crippen LogP contribution in [0.25, 0.3) is 0 Å². The van der Waals surface area contributed by atoms with Gasteiger partial charge in [-0.05, 0) is 25.1 Å². The highest BCUT2D eigenvalue weighted by Crippen LogP contribution is 2.19. The number of aromatic nitrogens is 1. The Morgan fingerprint density at radius 3 is 3.13 bits per heavy atom. The molecule has 3 N–H and O–H groups in total. The number of pyridine rings is 1. The highest BCUT2D eigenvalue weighted by atomic mass is 15.2. The van der Waals surface area contributed by atoms with Crippen molar-refractivity contribution in [1.29, 1.82) is 0 Å². The van der Waals surface area contributed by atoms with Crippen LogP contribution >= 0.6 is 0 Å². The van der Waals surface area contributed by atoms with Crippen molar-refractivity contribution in [1.82, 2.24) is 10.3 Å². The van der Waals surface area contributed by atoms with Crippen LogP contribution in [0.1, 0.15) is 13.3 Å². The van der Waals surface area contributed by atoms with Gasteiger partial charge in [-0.15, -0.1) is 0 Å². The summed E-state index contributed by atoms with van der Waals surface area (Å²) in [6.07, 6.45) is 3.06. The Balaban J connectivity index is 1.98. The molecule has 1 fully saturated rings. The summed E-state index contributed by atoms with van der Waals surface area (Å²) in [5.74, 6) is 0.584. The third kappa shape index (κ3) is 2.39. The molecule has 0 spiro atoms. The Hall–Kier alpha value is -1.29. The fraction of sp³-hybridized carbons (Fsp3) is 0.545. The second-order valence-corrected chi connectivity index (χ2v) is 3.93. The van der Waals surface area contributed by atoms with E-state index in [0.717, 1.165) is 19.6 Å². The zero-order valence-electron chi connectivity index (χ0n) is 9.11. The molecule has 0 amide bonds. The molecular formula is C11H18N4. The van der Waals surface area contributed by atoms with E-state index in [4.69, 9.17) is 5.73 Å². The minimum absolute atomic E-state index is 0.584. The third-order valence-electron chi connectivity index (χ3n) is 2.82. The predicted octanol–water partition coefficient (Wildman–Crippen LogP) is 0.852. The number of rotatable bonds is 3. The van der Waals surface area contributed by atoms with Crippen LogP contribution in [0.2, 0.25) is 0 Å². The van der Waals surface area contributed by atoms with E-state index in [1.165, 1.54) is 12.1 Å². The fourth-order valence-electron chi connectivity index (χ4n) is 2.03. The molecule has 4 nitrogen and oxygen atoms in total. The molecule has 82 valence electrons. The van der Waals surface area contributed by atoms with Crippen LogP contribution < -0.4 is 16.0 Å². The predicted molar refractivity (Wildman–Crippen MR) is 62.9 cm³/mol. The molecule has 1 aromatic heterocycles. The lowest BCUT2D eigenvalue weighted by Gasteiger charge is -2.18. The quantitative estimate of drug-likeness (QED) is 0.770. The van der Waals surface area contributed by atoms with E-state index in [2.05, 4.69) is 22.1 Å². The summed E-state index contributed by atoms with van der Waals surface area (Å²) in [6.45, 7) is 5.36. The number of nitrogens with one attached hydrogen (secondary N) is 1. The third-order valence-corrected chi connectivity index (χ3v) is 2.82. The first-order valence-corrected chi connectivity index (χ1v) is 5.49.